The minimum atomic E-state index is -1.42. The molecule has 0 fully saturated rings. The molecule has 0 spiro atoms. The standard InChI is InChI=1S/C13H21.3ClH.HO2P.Ti/c1-12(2,3)10-7-8-11(9-10)13(4,5)6;;;;1-3-2;/h7-8,10H,1-6H3;3*1H;3H;/q-1;;;;;+4/p-3. The normalized spacial score (nSPS) is 15.9. The zero-order chi connectivity index (χ0) is 13.0. The van der Waals surface area contributed by atoms with Gasteiger partial charge in [0.15, 0.2) is 0 Å². The molecule has 0 amide bonds. The van der Waals surface area contributed by atoms with Crippen molar-refractivity contribution in [1.29, 1.82) is 0 Å². The Morgan fingerprint density at radius 2 is 1.35 bits per heavy atom. The summed E-state index contributed by atoms with van der Waals surface area (Å²) < 4.78 is 16.8. The molecule has 7 heteroatoms. The maximum Gasteiger partial charge on any atom is 4.00 e. The molecule has 116 valence electrons. The average molecular weight is 396 g/mol. The van der Waals surface area contributed by atoms with Crippen molar-refractivity contribution in [2.45, 2.75) is 41.5 Å². The topological polar surface area (TPSA) is 34.1 Å². The summed E-state index contributed by atoms with van der Waals surface area (Å²) in [5, 5.41) is 0. The van der Waals surface area contributed by atoms with Gasteiger partial charge in [-0.25, -0.2) is 20.8 Å². The first-order valence-electron chi connectivity index (χ1n) is 5.44. The Kier molecular flexibility index (Phi) is 22.3. The monoisotopic (exact) mass is 394 g/mol. The van der Waals surface area contributed by atoms with Crippen molar-refractivity contribution in [3.63, 3.8) is 0 Å². The molecule has 0 bridgehead atoms. The van der Waals surface area contributed by atoms with Crippen molar-refractivity contribution < 1.29 is 68.1 Å². The summed E-state index contributed by atoms with van der Waals surface area (Å²) in [7, 11) is -1.42. The molecular formula is C13H22Cl3O2PTi. The first kappa shape index (κ1) is 32.8. The Balaban J connectivity index is -0.0000000987. The largest absolute Gasteiger partial charge is 4.00 e. The van der Waals surface area contributed by atoms with Crippen LogP contribution < -0.4 is 37.2 Å². The summed E-state index contributed by atoms with van der Waals surface area (Å²) >= 11 is 0. The molecular weight excluding hydrogens is 373 g/mol. The molecule has 0 aromatic carbocycles. The van der Waals surface area contributed by atoms with Gasteiger partial charge in [-0.1, -0.05) is 47.5 Å². The molecule has 1 atom stereocenters. The van der Waals surface area contributed by atoms with E-state index >= 15 is 0 Å². The third kappa shape index (κ3) is 12.7. The van der Waals surface area contributed by atoms with E-state index in [4.69, 9.17) is 9.13 Å². The fourth-order valence-corrected chi connectivity index (χ4v) is 1.43. The number of hydrogen-bond acceptors (Lipinski definition) is 2. The van der Waals surface area contributed by atoms with Gasteiger partial charge in [-0.3, -0.25) is 6.08 Å². The van der Waals surface area contributed by atoms with Crippen LogP contribution in [-0.2, 0) is 30.8 Å². The Labute approximate surface area is 158 Å². The quantitative estimate of drug-likeness (QED) is 0.235. The third-order valence-electron chi connectivity index (χ3n) is 2.51. The predicted octanol–water partition coefficient (Wildman–Crippen LogP) is -4.64. The van der Waals surface area contributed by atoms with Gasteiger partial charge in [0.2, 0.25) is 0 Å². The van der Waals surface area contributed by atoms with Crippen LogP contribution in [0.25, 0.3) is 0 Å². The van der Waals surface area contributed by atoms with E-state index in [1.807, 2.05) is 0 Å². The van der Waals surface area contributed by atoms with Gasteiger partial charge in [-0.15, -0.1) is 0 Å². The maximum absolute atomic E-state index is 8.40. The van der Waals surface area contributed by atoms with Crippen LogP contribution in [0.3, 0.4) is 0 Å². The third-order valence-corrected chi connectivity index (χ3v) is 2.51. The second-order valence-electron chi connectivity index (χ2n) is 6.09. The van der Waals surface area contributed by atoms with Crippen LogP contribution in [0.2, 0.25) is 0 Å². The van der Waals surface area contributed by atoms with Gasteiger partial charge in [0.1, 0.15) is 0 Å². The molecule has 0 heterocycles. The van der Waals surface area contributed by atoms with E-state index in [2.05, 4.69) is 59.8 Å². The summed E-state index contributed by atoms with van der Waals surface area (Å²) in [6, 6.07) is 0. The molecule has 0 saturated heterocycles. The van der Waals surface area contributed by atoms with Crippen LogP contribution in [0.1, 0.15) is 41.5 Å². The Bertz CT molecular complexity index is 339. The van der Waals surface area contributed by atoms with Crippen LogP contribution in [-0.4, -0.2) is 0 Å². The van der Waals surface area contributed by atoms with Crippen LogP contribution in [0, 0.1) is 22.8 Å². The van der Waals surface area contributed by atoms with E-state index in [0.717, 1.165) is 0 Å². The Morgan fingerprint density at radius 1 is 1.00 bits per heavy atom. The molecule has 0 N–H and O–H groups in total. The summed E-state index contributed by atoms with van der Waals surface area (Å²) in [4.78, 5) is 0. The number of hydrogen-bond donors (Lipinski definition) is 0. The SMILES string of the molecule is CC(C)(C)C1=[C-]C(C(C)(C)C)C=C1.O=[PH]=O.[Cl-].[Cl-].[Cl-].[Ti+4]. The van der Waals surface area contributed by atoms with Crippen molar-refractivity contribution >= 4 is 8.34 Å². The first-order valence-corrected chi connectivity index (χ1v) is 6.26. The van der Waals surface area contributed by atoms with E-state index in [1.165, 1.54) is 5.57 Å². The summed E-state index contributed by atoms with van der Waals surface area (Å²) in [5.41, 5.74) is 1.91. The van der Waals surface area contributed by atoms with Crippen molar-refractivity contribution in [3.8, 4) is 0 Å². The van der Waals surface area contributed by atoms with E-state index < -0.39 is 8.34 Å². The minimum Gasteiger partial charge on any atom is -1.00 e. The first-order chi connectivity index (χ1) is 7.12. The molecule has 1 aliphatic carbocycles. The van der Waals surface area contributed by atoms with Gasteiger partial charge in [0.25, 0.3) is 0 Å². The van der Waals surface area contributed by atoms with Crippen LogP contribution in [0.5, 0.6) is 0 Å². The minimum absolute atomic E-state index is 0. The van der Waals surface area contributed by atoms with Crippen LogP contribution in [0.15, 0.2) is 17.7 Å². The van der Waals surface area contributed by atoms with Gasteiger partial charge in [0, 0.05) is 0 Å². The van der Waals surface area contributed by atoms with E-state index in [-0.39, 0.29) is 64.4 Å². The Hall–Kier alpha value is 0.964. The van der Waals surface area contributed by atoms with E-state index in [1.54, 1.807) is 0 Å². The van der Waals surface area contributed by atoms with Crippen molar-refractivity contribution in [3.05, 3.63) is 23.8 Å². The van der Waals surface area contributed by atoms with Gasteiger partial charge in [0.05, 0.1) is 0 Å². The number of halogens is 3. The molecule has 1 rings (SSSR count). The Morgan fingerprint density at radius 3 is 1.50 bits per heavy atom. The number of allylic oxidation sites excluding steroid dienone is 4. The summed E-state index contributed by atoms with van der Waals surface area (Å²) in [6.07, 6.45) is 8.09. The van der Waals surface area contributed by atoms with Crippen molar-refractivity contribution in [1.82, 2.24) is 0 Å². The van der Waals surface area contributed by atoms with Crippen LogP contribution in [0.4, 0.5) is 0 Å². The maximum atomic E-state index is 8.40. The van der Waals surface area contributed by atoms with Crippen LogP contribution >= 0.6 is 8.34 Å². The molecule has 1 unspecified atom stereocenters. The fraction of sp³-hybridized carbons (Fsp3) is 0.692. The zero-order valence-electron chi connectivity index (χ0n) is 12.7. The summed E-state index contributed by atoms with van der Waals surface area (Å²) in [5.74, 6) is 0.488. The smallest absolute Gasteiger partial charge is 1.00 e. The molecule has 0 aromatic rings. The molecule has 2 nitrogen and oxygen atoms in total. The zero-order valence-corrected chi connectivity index (χ0v) is 17.5. The molecule has 0 radical (unpaired) electrons. The molecule has 20 heavy (non-hydrogen) atoms. The summed E-state index contributed by atoms with van der Waals surface area (Å²) in [6.45, 7) is 13.5. The molecule has 1 aliphatic rings. The second-order valence-corrected chi connectivity index (χ2v) is 6.26. The molecule has 0 aliphatic heterocycles. The number of rotatable bonds is 0. The van der Waals surface area contributed by atoms with Gasteiger partial charge in [-0.2, -0.15) is 6.08 Å². The predicted molar refractivity (Wildman–Crippen MR) is 68.0 cm³/mol. The molecule has 0 saturated carbocycles. The second kappa shape index (κ2) is 13.6. The molecule has 0 aromatic heterocycles. The van der Waals surface area contributed by atoms with Gasteiger partial charge < -0.3 is 37.2 Å². The van der Waals surface area contributed by atoms with E-state index in [9.17, 15) is 0 Å². The van der Waals surface area contributed by atoms with Crippen molar-refractivity contribution in [2.75, 3.05) is 0 Å². The fourth-order valence-electron chi connectivity index (χ4n) is 1.43. The van der Waals surface area contributed by atoms with Gasteiger partial charge >= 0.3 is 30.1 Å². The van der Waals surface area contributed by atoms with Crippen molar-refractivity contribution in [2.24, 2.45) is 16.7 Å². The van der Waals surface area contributed by atoms with Gasteiger partial charge in [-0.05, 0) is 10.8 Å². The average Bonchev–Trinajstić information content (AvgIpc) is 2.49. The van der Waals surface area contributed by atoms with E-state index in [0.29, 0.717) is 11.3 Å².